The second kappa shape index (κ2) is 6.61. The Balaban J connectivity index is 2.08. The first-order valence-corrected chi connectivity index (χ1v) is 8.32. The lowest BCUT2D eigenvalue weighted by Gasteiger charge is -2.28. The van der Waals surface area contributed by atoms with Gasteiger partial charge in [0.1, 0.15) is 5.75 Å². The quantitative estimate of drug-likeness (QED) is 0.826. The van der Waals surface area contributed by atoms with Crippen LogP contribution in [0.25, 0.3) is 0 Å². The Labute approximate surface area is 129 Å². The number of carbonyl (C=O) groups excluding carboxylic acids is 1. The number of hydrogen-bond donors (Lipinski definition) is 1. The molecule has 0 spiro atoms. The molecule has 2 rings (SSSR count). The first kappa shape index (κ1) is 15.4. The van der Waals surface area contributed by atoms with Crippen LogP contribution in [-0.4, -0.2) is 22.9 Å². The van der Waals surface area contributed by atoms with E-state index in [1.807, 2.05) is 38.1 Å². The van der Waals surface area contributed by atoms with Crippen molar-refractivity contribution in [1.82, 2.24) is 5.32 Å². The highest BCUT2D eigenvalue weighted by atomic mass is 79.9. The van der Waals surface area contributed by atoms with E-state index in [1.54, 1.807) is 0 Å². The number of halogens is 1. The van der Waals surface area contributed by atoms with Crippen LogP contribution in [0.1, 0.15) is 49.9 Å². The number of benzene rings is 1. The van der Waals surface area contributed by atoms with Crippen LogP contribution < -0.4 is 10.1 Å². The van der Waals surface area contributed by atoms with Gasteiger partial charge in [0.2, 0.25) is 0 Å². The van der Waals surface area contributed by atoms with Gasteiger partial charge in [0.15, 0.2) is 0 Å². The second-order valence-electron chi connectivity index (χ2n) is 5.77. The zero-order chi connectivity index (χ0) is 14.6. The van der Waals surface area contributed by atoms with Crippen molar-refractivity contribution in [3.63, 3.8) is 0 Å². The van der Waals surface area contributed by atoms with Crippen molar-refractivity contribution in [2.45, 2.75) is 51.2 Å². The van der Waals surface area contributed by atoms with Crippen LogP contribution in [0.2, 0.25) is 0 Å². The second-order valence-corrected chi connectivity index (χ2v) is 6.33. The molecule has 1 N–H and O–H groups in total. The van der Waals surface area contributed by atoms with E-state index in [-0.39, 0.29) is 17.6 Å². The lowest BCUT2D eigenvalue weighted by molar-refractivity contribution is 0.0909. The average molecular weight is 340 g/mol. The fourth-order valence-electron chi connectivity index (χ4n) is 2.64. The Bertz CT molecular complexity index is 467. The van der Waals surface area contributed by atoms with Gasteiger partial charge in [-0.15, -0.1) is 0 Å². The van der Waals surface area contributed by atoms with Gasteiger partial charge in [-0.1, -0.05) is 34.8 Å². The third kappa shape index (κ3) is 3.75. The predicted octanol–water partition coefficient (Wildman–Crippen LogP) is 3.91. The highest BCUT2D eigenvalue weighted by Gasteiger charge is 2.34. The predicted molar refractivity (Wildman–Crippen MR) is 84.7 cm³/mol. The van der Waals surface area contributed by atoms with Gasteiger partial charge in [-0.3, -0.25) is 4.79 Å². The van der Waals surface area contributed by atoms with Crippen molar-refractivity contribution in [3.05, 3.63) is 29.8 Å². The van der Waals surface area contributed by atoms with Gasteiger partial charge in [0.05, 0.1) is 11.6 Å². The van der Waals surface area contributed by atoms with Crippen LogP contribution in [0.15, 0.2) is 24.3 Å². The van der Waals surface area contributed by atoms with E-state index in [0.717, 1.165) is 23.9 Å². The summed E-state index contributed by atoms with van der Waals surface area (Å²) >= 11 is 3.54. The smallest absolute Gasteiger partial charge is 0.251 e. The normalized spacial score (nSPS) is 17.2. The maximum atomic E-state index is 12.4. The molecule has 0 unspecified atom stereocenters. The van der Waals surface area contributed by atoms with Crippen LogP contribution in [0.4, 0.5) is 0 Å². The maximum Gasteiger partial charge on any atom is 0.251 e. The van der Waals surface area contributed by atoms with Crippen molar-refractivity contribution in [3.8, 4) is 5.75 Å². The number of hydrogen-bond acceptors (Lipinski definition) is 2. The molecule has 1 saturated carbocycles. The van der Waals surface area contributed by atoms with Crippen molar-refractivity contribution >= 4 is 21.8 Å². The zero-order valence-corrected chi connectivity index (χ0v) is 13.7. The highest BCUT2D eigenvalue weighted by Crippen LogP contribution is 2.31. The molecule has 0 heterocycles. The number of ether oxygens (including phenoxy) is 1. The van der Waals surface area contributed by atoms with E-state index in [1.165, 1.54) is 12.8 Å². The SMILES string of the molecule is CC(C)Oc1cccc(C(=O)NC2(CBr)CCCC2)c1. The van der Waals surface area contributed by atoms with E-state index >= 15 is 0 Å². The van der Waals surface area contributed by atoms with Crippen molar-refractivity contribution in [1.29, 1.82) is 0 Å². The van der Waals surface area contributed by atoms with Crippen molar-refractivity contribution < 1.29 is 9.53 Å². The molecule has 0 aliphatic heterocycles. The molecule has 1 amide bonds. The third-order valence-electron chi connectivity index (χ3n) is 3.66. The van der Waals surface area contributed by atoms with E-state index in [4.69, 9.17) is 4.74 Å². The van der Waals surface area contributed by atoms with Gasteiger partial charge in [0.25, 0.3) is 5.91 Å². The fraction of sp³-hybridized carbons (Fsp3) is 0.562. The summed E-state index contributed by atoms with van der Waals surface area (Å²) in [5, 5.41) is 4.01. The van der Waals surface area contributed by atoms with Crippen LogP contribution in [0.3, 0.4) is 0 Å². The summed E-state index contributed by atoms with van der Waals surface area (Å²) in [6.45, 7) is 3.95. The molecule has 1 aromatic carbocycles. The minimum absolute atomic E-state index is 0.0134. The van der Waals surface area contributed by atoms with Crippen LogP contribution in [-0.2, 0) is 0 Å². The maximum absolute atomic E-state index is 12.4. The summed E-state index contributed by atoms with van der Waals surface area (Å²) < 4.78 is 5.64. The number of alkyl halides is 1. The zero-order valence-electron chi connectivity index (χ0n) is 12.1. The molecule has 4 heteroatoms. The first-order valence-electron chi connectivity index (χ1n) is 7.20. The molecule has 1 aliphatic rings. The molecule has 0 atom stereocenters. The minimum atomic E-state index is -0.0774. The third-order valence-corrected chi connectivity index (χ3v) is 4.74. The Kier molecular flexibility index (Phi) is 5.08. The molecule has 0 aromatic heterocycles. The van der Waals surface area contributed by atoms with E-state index in [9.17, 15) is 4.79 Å². The van der Waals surface area contributed by atoms with Gasteiger partial charge in [-0.25, -0.2) is 0 Å². The Morgan fingerprint density at radius 3 is 2.70 bits per heavy atom. The molecule has 1 aromatic rings. The molecule has 1 fully saturated rings. The fourth-order valence-corrected chi connectivity index (χ4v) is 3.34. The van der Waals surface area contributed by atoms with Gasteiger partial charge < -0.3 is 10.1 Å². The molecule has 1 aliphatic carbocycles. The number of rotatable bonds is 5. The van der Waals surface area contributed by atoms with Crippen molar-refractivity contribution in [2.75, 3.05) is 5.33 Å². The van der Waals surface area contributed by atoms with E-state index in [0.29, 0.717) is 5.56 Å². The lowest BCUT2D eigenvalue weighted by Crippen LogP contribution is -2.47. The largest absolute Gasteiger partial charge is 0.491 e. The molecular weight excluding hydrogens is 318 g/mol. The summed E-state index contributed by atoms with van der Waals surface area (Å²) in [4.78, 5) is 12.4. The number of carbonyl (C=O) groups is 1. The van der Waals surface area contributed by atoms with Crippen LogP contribution in [0.5, 0.6) is 5.75 Å². The summed E-state index contributed by atoms with van der Waals surface area (Å²) in [7, 11) is 0. The molecule has 3 nitrogen and oxygen atoms in total. The van der Waals surface area contributed by atoms with E-state index in [2.05, 4.69) is 21.2 Å². The monoisotopic (exact) mass is 339 g/mol. The molecule has 110 valence electrons. The highest BCUT2D eigenvalue weighted by molar-refractivity contribution is 9.09. The van der Waals surface area contributed by atoms with Crippen molar-refractivity contribution in [2.24, 2.45) is 0 Å². The van der Waals surface area contributed by atoms with Gasteiger partial charge >= 0.3 is 0 Å². The topological polar surface area (TPSA) is 38.3 Å². The van der Waals surface area contributed by atoms with Crippen LogP contribution in [0, 0.1) is 0 Å². The van der Waals surface area contributed by atoms with E-state index < -0.39 is 0 Å². The van der Waals surface area contributed by atoms with Gasteiger partial charge in [-0.05, 0) is 44.9 Å². The minimum Gasteiger partial charge on any atom is -0.491 e. The standard InChI is InChI=1S/C16H22BrNO2/c1-12(2)20-14-7-5-6-13(10-14)15(19)18-16(11-17)8-3-4-9-16/h5-7,10,12H,3-4,8-9,11H2,1-2H3,(H,18,19). The average Bonchev–Trinajstić information content (AvgIpc) is 2.87. The first-order chi connectivity index (χ1) is 9.54. The van der Waals surface area contributed by atoms with Crippen LogP contribution >= 0.6 is 15.9 Å². The molecule has 0 saturated heterocycles. The molecule has 0 radical (unpaired) electrons. The summed E-state index contributed by atoms with van der Waals surface area (Å²) in [6.07, 6.45) is 4.57. The molecule has 20 heavy (non-hydrogen) atoms. The van der Waals surface area contributed by atoms with Gasteiger partial charge in [-0.2, -0.15) is 0 Å². The summed E-state index contributed by atoms with van der Waals surface area (Å²) in [5.41, 5.74) is 0.585. The Morgan fingerprint density at radius 2 is 2.10 bits per heavy atom. The molecule has 0 bridgehead atoms. The number of nitrogens with one attached hydrogen (secondary N) is 1. The number of amides is 1. The summed E-state index contributed by atoms with van der Waals surface area (Å²) in [5.74, 6) is 0.729. The molecular formula is C16H22BrNO2. The Hall–Kier alpha value is -1.03. The Morgan fingerprint density at radius 1 is 1.40 bits per heavy atom. The van der Waals surface area contributed by atoms with Gasteiger partial charge in [0, 0.05) is 10.9 Å². The summed E-state index contributed by atoms with van der Waals surface area (Å²) in [6, 6.07) is 7.39. The lowest BCUT2D eigenvalue weighted by atomic mass is 10.00.